The number of ether oxygens (including phenoxy) is 1. The minimum absolute atomic E-state index is 0.206. The number of amides is 1. The molecule has 1 aliphatic rings. The predicted molar refractivity (Wildman–Crippen MR) is 122 cm³/mol. The van der Waals surface area contributed by atoms with E-state index in [2.05, 4.69) is 20.3 Å². The minimum atomic E-state index is -0.206. The number of carbonyl (C=O) groups is 1. The standard InChI is InChI=1S/C22H22N6O2S/c1-14-20-16(12-17(18-4-3-11-31-18)25-21(20)27(2)26-14)22(29)24-15-5-6-19(23-13-15)28-7-9-30-10-8-28/h3-6,11-13H,7-10H2,1-2H3,(H,24,29). The van der Waals surface area contributed by atoms with Crippen LogP contribution in [0.1, 0.15) is 16.1 Å². The normalized spacial score (nSPS) is 14.2. The fourth-order valence-electron chi connectivity index (χ4n) is 3.81. The number of nitrogens with zero attached hydrogens (tertiary/aromatic N) is 5. The number of aryl methyl sites for hydroxylation is 2. The van der Waals surface area contributed by atoms with Crippen LogP contribution in [0.5, 0.6) is 0 Å². The third-order valence-corrected chi connectivity index (χ3v) is 6.22. The molecule has 1 amide bonds. The Morgan fingerprint density at radius 2 is 2.06 bits per heavy atom. The molecule has 1 fully saturated rings. The topological polar surface area (TPSA) is 85.2 Å². The second kappa shape index (κ2) is 8.09. The quantitative estimate of drug-likeness (QED) is 0.529. The van der Waals surface area contributed by atoms with Crippen LogP contribution >= 0.6 is 11.3 Å². The number of pyridine rings is 2. The number of thiophene rings is 1. The van der Waals surface area contributed by atoms with Crippen LogP contribution in [0.15, 0.2) is 41.9 Å². The van der Waals surface area contributed by atoms with E-state index in [1.54, 1.807) is 22.2 Å². The van der Waals surface area contributed by atoms with Crippen molar-refractivity contribution in [2.45, 2.75) is 6.92 Å². The van der Waals surface area contributed by atoms with Crippen LogP contribution in [0.4, 0.5) is 11.5 Å². The number of nitrogens with one attached hydrogen (secondary N) is 1. The highest BCUT2D eigenvalue weighted by Crippen LogP contribution is 2.29. The van der Waals surface area contributed by atoms with Gasteiger partial charge in [0.15, 0.2) is 5.65 Å². The molecule has 1 aliphatic heterocycles. The molecule has 0 bridgehead atoms. The molecule has 0 aromatic carbocycles. The third-order valence-electron chi connectivity index (χ3n) is 5.33. The summed E-state index contributed by atoms with van der Waals surface area (Å²) in [5.74, 6) is 0.679. The number of morpholine rings is 1. The molecule has 158 valence electrons. The van der Waals surface area contributed by atoms with Crippen molar-refractivity contribution in [3.8, 4) is 10.6 Å². The van der Waals surface area contributed by atoms with Gasteiger partial charge >= 0.3 is 0 Å². The molecule has 0 aliphatic carbocycles. The average molecular weight is 435 g/mol. The van der Waals surface area contributed by atoms with Crippen molar-refractivity contribution in [1.82, 2.24) is 19.7 Å². The van der Waals surface area contributed by atoms with Crippen molar-refractivity contribution < 1.29 is 9.53 Å². The van der Waals surface area contributed by atoms with Crippen LogP contribution in [0.25, 0.3) is 21.6 Å². The van der Waals surface area contributed by atoms with Crippen LogP contribution in [-0.2, 0) is 11.8 Å². The highest BCUT2D eigenvalue weighted by atomic mass is 32.1. The van der Waals surface area contributed by atoms with Crippen LogP contribution in [0, 0.1) is 6.92 Å². The molecule has 0 atom stereocenters. The Morgan fingerprint density at radius 3 is 2.77 bits per heavy atom. The summed E-state index contributed by atoms with van der Waals surface area (Å²) in [6.07, 6.45) is 1.69. The van der Waals surface area contributed by atoms with Crippen molar-refractivity contribution in [2.24, 2.45) is 7.05 Å². The van der Waals surface area contributed by atoms with Crippen molar-refractivity contribution in [2.75, 3.05) is 36.5 Å². The van der Waals surface area contributed by atoms with Gasteiger partial charge in [-0.3, -0.25) is 9.48 Å². The summed E-state index contributed by atoms with van der Waals surface area (Å²) in [7, 11) is 1.84. The van der Waals surface area contributed by atoms with Gasteiger partial charge in [-0.15, -0.1) is 11.3 Å². The number of hydrogen-bond acceptors (Lipinski definition) is 7. The van der Waals surface area contributed by atoms with Crippen LogP contribution in [-0.4, -0.2) is 52.0 Å². The van der Waals surface area contributed by atoms with Crippen LogP contribution in [0.3, 0.4) is 0 Å². The number of aromatic nitrogens is 4. The highest BCUT2D eigenvalue weighted by molar-refractivity contribution is 7.13. The number of anilines is 2. The molecule has 1 N–H and O–H groups in total. The highest BCUT2D eigenvalue weighted by Gasteiger charge is 2.20. The average Bonchev–Trinajstić information content (AvgIpc) is 3.43. The Balaban J connectivity index is 1.46. The number of carbonyl (C=O) groups excluding carboxylic acids is 1. The van der Waals surface area contributed by atoms with Gasteiger partial charge in [0.05, 0.1) is 52.3 Å². The van der Waals surface area contributed by atoms with E-state index >= 15 is 0 Å². The van der Waals surface area contributed by atoms with Crippen molar-refractivity contribution in [1.29, 1.82) is 0 Å². The first-order valence-corrected chi connectivity index (χ1v) is 11.0. The lowest BCUT2D eigenvalue weighted by molar-refractivity contribution is 0.102. The zero-order chi connectivity index (χ0) is 21.4. The summed E-state index contributed by atoms with van der Waals surface area (Å²) in [4.78, 5) is 25.7. The first-order chi connectivity index (χ1) is 15.1. The Hall–Kier alpha value is -3.30. The van der Waals surface area contributed by atoms with E-state index in [1.807, 2.05) is 49.7 Å². The maximum Gasteiger partial charge on any atom is 0.256 e. The molecule has 0 unspecified atom stereocenters. The molecule has 0 saturated carbocycles. The van der Waals surface area contributed by atoms with Crippen molar-refractivity contribution in [3.63, 3.8) is 0 Å². The summed E-state index contributed by atoms with van der Waals surface area (Å²) >= 11 is 1.59. The van der Waals surface area contributed by atoms with Gasteiger partial charge in [-0.25, -0.2) is 9.97 Å². The lowest BCUT2D eigenvalue weighted by Gasteiger charge is -2.27. The molecule has 9 heteroatoms. The summed E-state index contributed by atoms with van der Waals surface area (Å²) in [5, 5.41) is 10.2. The molecular weight excluding hydrogens is 412 g/mol. The Kier molecular flexibility index (Phi) is 5.13. The van der Waals surface area contributed by atoms with Gasteiger partial charge in [0, 0.05) is 20.1 Å². The minimum Gasteiger partial charge on any atom is -0.378 e. The summed E-state index contributed by atoms with van der Waals surface area (Å²) in [6, 6.07) is 9.62. The van der Waals surface area contributed by atoms with Crippen molar-refractivity contribution >= 4 is 39.8 Å². The smallest absolute Gasteiger partial charge is 0.256 e. The second-order valence-corrected chi connectivity index (χ2v) is 8.35. The molecule has 8 nitrogen and oxygen atoms in total. The molecule has 4 aromatic heterocycles. The van der Waals surface area contributed by atoms with Crippen LogP contribution < -0.4 is 10.2 Å². The van der Waals surface area contributed by atoms with E-state index in [0.717, 1.165) is 40.6 Å². The molecule has 4 aromatic rings. The van der Waals surface area contributed by atoms with Gasteiger partial charge < -0.3 is 15.0 Å². The molecule has 0 spiro atoms. The first kappa shape index (κ1) is 19.7. The van der Waals surface area contributed by atoms with Gasteiger partial charge in [0.2, 0.25) is 0 Å². The maximum absolute atomic E-state index is 13.3. The van der Waals surface area contributed by atoms with E-state index in [-0.39, 0.29) is 5.91 Å². The summed E-state index contributed by atoms with van der Waals surface area (Å²) < 4.78 is 7.11. The molecule has 31 heavy (non-hydrogen) atoms. The van der Waals surface area contributed by atoms with Crippen LogP contribution in [0.2, 0.25) is 0 Å². The molecule has 5 heterocycles. The van der Waals surface area contributed by atoms with E-state index in [1.165, 1.54) is 0 Å². The maximum atomic E-state index is 13.3. The van der Waals surface area contributed by atoms with Gasteiger partial charge in [0.1, 0.15) is 5.82 Å². The van der Waals surface area contributed by atoms with E-state index in [4.69, 9.17) is 9.72 Å². The Morgan fingerprint density at radius 1 is 1.23 bits per heavy atom. The monoisotopic (exact) mass is 434 g/mol. The van der Waals surface area contributed by atoms with Gasteiger partial charge in [-0.1, -0.05) is 6.07 Å². The molecule has 5 rings (SSSR count). The largest absolute Gasteiger partial charge is 0.378 e. The molecule has 0 radical (unpaired) electrons. The number of hydrogen-bond donors (Lipinski definition) is 1. The van der Waals surface area contributed by atoms with Gasteiger partial charge in [-0.2, -0.15) is 5.10 Å². The predicted octanol–water partition coefficient (Wildman–Crippen LogP) is 3.49. The molecular formula is C22H22N6O2S. The number of rotatable bonds is 4. The zero-order valence-electron chi connectivity index (χ0n) is 17.3. The SMILES string of the molecule is Cc1nn(C)c2nc(-c3cccs3)cc(C(=O)Nc3ccc(N4CCOCC4)nc3)c12. The fraction of sp³-hybridized carbons (Fsp3) is 0.273. The van der Waals surface area contributed by atoms with E-state index in [0.29, 0.717) is 30.1 Å². The third kappa shape index (κ3) is 3.77. The lowest BCUT2D eigenvalue weighted by atomic mass is 10.1. The van der Waals surface area contributed by atoms with E-state index < -0.39 is 0 Å². The van der Waals surface area contributed by atoms with E-state index in [9.17, 15) is 4.79 Å². The Bertz CT molecular complexity index is 1230. The van der Waals surface area contributed by atoms with Gasteiger partial charge in [-0.05, 0) is 36.6 Å². The zero-order valence-corrected chi connectivity index (χ0v) is 18.1. The summed E-state index contributed by atoms with van der Waals surface area (Å²) in [6.45, 7) is 4.94. The first-order valence-electron chi connectivity index (χ1n) is 10.1. The molecule has 1 saturated heterocycles. The van der Waals surface area contributed by atoms with Crippen molar-refractivity contribution in [3.05, 3.63) is 53.2 Å². The lowest BCUT2D eigenvalue weighted by Crippen LogP contribution is -2.36. The fourth-order valence-corrected chi connectivity index (χ4v) is 4.50. The summed E-state index contributed by atoms with van der Waals surface area (Å²) in [5.41, 5.74) is 3.42. The van der Waals surface area contributed by atoms with Gasteiger partial charge in [0.25, 0.3) is 5.91 Å². The number of fused-ring (bicyclic) bond motifs is 1. The Labute approximate surface area is 183 Å². The second-order valence-electron chi connectivity index (χ2n) is 7.40.